The van der Waals surface area contributed by atoms with Crippen molar-refractivity contribution < 1.29 is 5.11 Å². The lowest BCUT2D eigenvalue weighted by atomic mass is 10.3. The van der Waals surface area contributed by atoms with Gasteiger partial charge in [0.2, 0.25) is 0 Å². The second kappa shape index (κ2) is 6.01. The summed E-state index contributed by atoms with van der Waals surface area (Å²) in [6, 6.07) is 3.73. The van der Waals surface area contributed by atoms with Crippen molar-refractivity contribution in [1.29, 1.82) is 0 Å². The van der Waals surface area contributed by atoms with Crippen molar-refractivity contribution in [2.24, 2.45) is 0 Å². The van der Waals surface area contributed by atoms with Crippen molar-refractivity contribution in [1.82, 2.24) is 0 Å². The van der Waals surface area contributed by atoms with Gasteiger partial charge in [0.1, 0.15) is 0 Å². The van der Waals surface area contributed by atoms with E-state index in [0.717, 1.165) is 21.4 Å². The molecule has 0 bridgehead atoms. The van der Waals surface area contributed by atoms with E-state index in [4.69, 9.17) is 11.6 Å². The van der Waals surface area contributed by atoms with E-state index in [1.807, 2.05) is 12.1 Å². The molecule has 1 rings (SSSR count). The smallest absolute Gasteiger partial charge is 0.0972 e. The lowest BCUT2D eigenvalue weighted by Crippen LogP contribution is -2.02. The van der Waals surface area contributed by atoms with Crippen LogP contribution >= 0.6 is 34.7 Å². The number of aliphatic hydroxyl groups is 1. The van der Waals surface area contributed by atoms with Crippen LogP contribution in [-0.2, 0) is 0 Å². The van der Waals surface area contributed by atoms with Crippen LogP contribution in [0, 0.1) is 0 Å². The lowest BCUT2D eigenvalue weighted by molar-refractivity contribution is 0.208. The van der Waals surface area contributed by atoms with Crippen LogP contribution < -0.4 is 0 Å². The number of aliphatic hydroxyl groups excluding tert-OH is 1. The van der Waals surface area contributed by atoms with Gasteiger partial charge in [-0.05, 0) is 18.6 Å². The van der Waals surface area contributed by atoms with Gasteiger partial charge in [0.25, 0.3) is 0 Å². The number of halogens is 1. The highest BCUT2D eigenvalue weighted by Gasteiger charge is 2.11. The normalized spacial score (nSPS) is 15.4. The van der Waals surface area contributed by atoms with Gasteiger partial charge in [-0.2, -0.15) is 11.8 Å². The van der Waals surface area contributed by atoms with E-state index in [9.17, 15) is 5.11 Å². The van der Waals surface area contributed by atoms with Crippen LogP contribution in [-0.4, -0.2) is 16.1 Å². The molecule has 0 aliphatic heterocycles. The zero-order chi connectivity index (χ0) is 10.6. The summed E-state index contributed by atoms with van der Waals surface area (Å²) in [5, 5.41) is 10.4. The Balaban J connectivity index is 2.39. The van der Waals surface area contributed by atoms with Crippen LogP contribution in [0.15, 0.2) is 12.1 Å². The van der Waals surface area contributed by atoms with Crippen LogP contribution in [0.5, 0.6) is 0 Å². The van der Waals surface area contributed by atoms with E-state index in [0.29, 0.717) is 5.25 Å². The van der Waals surface area contributed by atoms with Crippen molar-refractivity contribution in [3.8, 4) is 0 Å². The van der Waals surface area contributed by atoms with Crippen molar-refractivity contribution >= 4 is 34.7 Å². The van der Waals surface area contributed by atoms with Crippen molar-refractivity contribution in [2.75, 3.05) is 5.75 Å². The third-order valence-electron chi connectivity index (χ3n) is 2.04. The van der Waals surface area contributed by atoms with Gasteiger partial charge < -0.3 is 5.11 Å². The van der Waals surface area contributed by atoms with Gasteiger partial charge in [-0.3, -0.25) is 0 Å². The number of thiophene rings is 1. The van der Waals surface area contributed by atoms with Gasteiger partial charge in [0, 0.05) is 15.9 Å². The molecule has 1 N–H and O–H groups in total. The minimum Gasteiger partial charge on any atom is -0.387 e. The van der Waals surface area contributed by atoms with Gasteiger partial charge in [-0.15, -0.1) is 11.3 Å². The summed E-state index contributed by atoms with van der Waals surface area (Å²) >= 11 is 9.05. The Kier molecular flexibility index (Phi) is 5.31. The minimum atomic E-state index is -0.369. The topological polar surface area (TPSA) is 20.2 Å². The molecule has 0 amide bonds. The van der Waals surface area contributed by atoms with Gasteiger partial charge in [-0.1, -0.05) is 25.4 Å². The molecule has 0 saturated heterocycles. The Hall–Kier alpha value is 0.300. The molecule has 0 aliphatic rings. The maximum Gasteiger partial charge on any atom is 0.0972 e. The number of hydrogen-bond acceptors (Lipinski definition) is 3. The highest BCUT2D eigenvalue weighted by atomic mass is 35.5. The van der Waals surface area contributed by atoms with Gasteiger partial charge in [0.15, 0.2) is 0 Å². The summed E-state index contributed by atoms with van der Waals surface area (Å²) in [4.78, 5) is 0.964. The Morgan fingerprint density at radius 2 is 2.29 bits per heavy atom. The molecule has 0 saturated carbocycles. The second-order valence-electron chi connectivity index (χ2n) is 3.21. The van der Waals surface area contributed by atoms with Crippen LogP contribution in [0.2, 0.25) is 4.34 Å². The standard InChI is InChI=1S/C10H15ClOS2/c1-3-7(2)13-6-8(12)9-4-5-10(11)14-9/h4-5,7-8,12H,3,6H2,1-2H3. The number of thioether (sulfide) groups is 1. The SMILES string of the molecule is CCC(C)SCC(O)c1ccc(Cl)s1. The highest BCUT2D eigenvalue weighted by Crippen LogP contribution is 2.30. The monoisotopic (exact) mass is 250 g/mol. The van der Waals surface area contributed by atoms with Crippen molar-refractivity contribution in [3.05, 3.63) is 21.3 Å². The average Bonchev–Trinajstić information content (AvgIpc) is 2.60. The zero-order valence-electron chi connectivity index (χ0n) is 8.37. The fourth-order valence-electron chi connectivity index (χ4n) is 0.963. The van der Waals surface area contributed by atoms with Crippen LogP contribution in [0.4, 0.5) is 0 Å². The molecule has 4 heteroatoms. The molecule has 0 fully saturated rings. The molecule has 0 aromatic carbocycles. The van der Waals surface area contributed by atoms with Gasteiger partial charge in [0.05, 0.1) is 10.4 Å². The molecule has 80 valence electrons. The van der Waals surface area contributed by atoms with E-state index < -0.39 is 0 Å². The summed E-state index contributed by atoms with van der Waals surface area (Å²) in [5.74, 6) is 0.756. The Labute approximate surface area is 98.5 Å². The van der Waals surface area contributed by atoms with E-state index in [-0.39, 0.29) is 6.10 Å². The molecule has 1 aromatic heterocycles. The Bertz CT molecular complexity index is 275. The third-order valence-corrected chi connectivity index (χ3v) is 4.78. The van der Waals surface area contributed by atoms with E-state index >= 15 is 0 Å². The summed E-state index contributed by atoms with van der Waals surface area (Å²) in [5.41, 5.74) is 0. The maximum atomic E-state index is 9.81. The number of hydrogen-bond donors (Lipinski definition) is 1. The quantitative estimate of drug-likeness (QED) is 0.854. The van der Waals surface area contributed by atoms with Crippen LogP contribution in [0.3, 0.4) is 0 Å². The Morgan fingerprint density at radius 3 is 2.79 bits per heavy atom. The first kappa shape index (κ1) is 12.4. The third kappa shape index (κ3) is 3.81. The molecule has 2 atom stereocenters. The zero-order valence-corrected chi connectivity index (χ0v) is 10.8. The predicted octanol–water partition coefficient (Wildman–Crippen LogP) is 3.97. The highest BCUT2D eigenvalue weighted by molar-refractivity contribution is 7.99. The first-order valence-electron chi connectivity index (χ1n) is 4.68. The van der Waals surface area contributed by atoms with Crippen molar-refractivity contribution in [2.45, 2.75) is 31.6 Å². The largest absolute Gasteiger partial charge is 0.387 e. The molecule has 2 unspecified atom stereocenters. The van der Waals surface area contributed by atoms with Crippen molar-refractivity contribution in [3.63, 3.8) is 0 Å². The first-order valence-corrected chi connectivity index (χ1v) is 6.92. The molecule has 0 aliphatic carbocycles. The van der Waals surface area contributed by atoms with E-state index in [2.05, 4.69) is 13.8 Å². The fourth-order valence-corrected chi connectivity index (χ4v) is 3.04. The molecule has 1 heterocycles. The fraction of sp³-hybridized carbons (Fsp3) is 0.600. The van der Waals surface area contributed by atoms with Crippen LogP contribution in [0.1, 0.15) is 31.2 Å². The number of rotatable bonds is 5. The summed E-state index contributed by atoms with van der Waals surface area (Å²) in [6.45, 7) is 4.34. The van der Waals surface area contributed by atoms with E-state index in [1.54, 1.807) is 11.8 Å². The Morgan fingerprint density at radius 1 is 1.57 bits per heavy atom. The average molecular weight is 251 g/mol. The minimum absolute atomic E-state index is 0.369. The van der Waals surface area contributed by atoms with Crippen LogP contribution in [0.25, 0.3) is 0 Å². The van der Waals surface area contributed by atoms with Gasteiger partial charge in [-0.25, -0.2) is 0 Å². The maximum absolute atomic E-state index is 9.81. The molecule has 0 spiro atoms. The molecular weight excluding hydrogens is 236 g/mol. The predicted molar refractivity (Wildman–Crippen MR) is 66.5 cm³/mol. The molecule has 14 heavy (non-hydrogen) atoms. The summed E-state index contributed by atoms with van der Waals surface area (Å²) in [7, 11) is 0. The second-order valence-corrected chi connectivity index (χ2v) is 6.43. The summed E-state index contributed by atoms with van der Waals surface area (Å²) < 4.78 is 0.743. The first-order chi connectivity index (χ1) is 6.63. The van der Waals surface area contributed by atoms with E-state index in [1.165, 1.54) is 11.3 Å². The summed E-state index contributed by atoms with van der Waals surface area (Å²) in [6.07, 6.45) is 0.772. The lowest BCUT2D eigenvalue weighted by Gasteiger charge is -2.11. The van der Waals surface area contributed by atoms with Gasteiger partial charge >= 0.3 is 0 Å². The molecule has 1 aromatic rings. The molecule has 1 nitrogen and oxygen atoms in total. The molecule has 0 radical (unpaired) electrons. The molecular formula is C10H15ClOS2.